The molecule has 0 heterocycles. The Morgan fingerprint density at radius 1 is 0.600 bits per heavy atom. The standard InChI is InChI=1S/C36H74NO7P/c1-6-8-10-12-14-16-18-20-22-24-26-28-31-41-33-35(34-43-45(39,40)42-32-30-37(3,4)5)44-36(38)29-27-25-23-21-19-17-15-13-11-9-7-2/h35H,6-34H2,1-5H3/p+1. The van der Waals surface area contributed by atoms with Gasteiger partial charge in [0.1, 0.15) is 19.3 Å². The minimum atomic E-state index is -4.25. The second-order valence-electron chi connectivity index (χ2n) is 14.0. The number of phosphoric acid groups is 1. The van der Waals surface area contributed by atoms with Crippen molar-refractivity contribution in [3.8, 4) is 0 Å². The van der Waals surface area contributed by atoms with Gasteiger partial charge in [0, 0.05) is 13.0 Å². The summed E-state index contributed by atoms with van der Waals surface area (Å²) < 4.78 is 34.8. The fourth-order valence-corrected chi connectivity index (χ4v) is 5.94. The highest BCUT2D eigenvalue weighted by molar-refractivity contribution is 7.47. The Kier molecular flexibility index (Phi) is 30.5. The van der Waals surface area contributed by atoms with Crippen molar-refractivity contribution in [3.05, 3.63) is 0 Å². The number of ether oxygens (including phenoxy) is 2. The van der Waals surface area contributed by atoms with E-state index in [0.717, 1.165) is 32.1 Å². The van der Waals surface area contributed by atoms with E-state index in [4.69, 9.17) is 18.5 Å². The highest BCUT2D eigenvalue weighted by atomic mass is 31.2. The van der Waals surface area contributed by atoms with E-state index in [1.165, 1.54) is 116 Å². The number of carbonyl (C=O) groups excluding carboxylic acids is 1. The molecule has 0 aliphatic carbocycles. The zero-order valence-corrected chi connectivity index (χ0v) is 31.3. The molecule has 0 aromatic heterocycles. The van der Waals surface area contributed by atoms with E-state index in [-0.39, 0.29) is 25.8 Å². The number of hydrogen-bond donors (Lipinski definition) is 1. The number of hydrogen-bond acceptors (Lipinski definition) is 6. The van der Waals surface area contributed by atoms with Crippen molar-refractivity contribution in [3.63, 3.8) is 0 Å². The minimum Gasteiger partial charge on any atom is -0.457 e. The van der Waals surface area contributed by atoms with Crippen molar-refractivity contribution in [1.82, 2.24) is 0 Å². The van der Waals surface area contributed by atoms with Gasteiger partial charge in [-0.2, -0.15) is 0 Å². The first-order valence-electron chi connectivity index (χ1n) is 18.8. The molecule has 0 radical (unpaired) electrons. The summed E-state index contributed by atoms with van der Waals surface area (Å²) in [7, 11) is 1.68. The van der Waals surface area contributed by atoms with Gasteiger partial charge in [-0.1, -0.05) is 149 Å². The van der Waals surface area contributed by atoms with Crippen LogP contribution >= 0.6 is 7.82 Å². The summed E-state index contributed by atoms with van der Waals surface area (Å²) in [5, 5.41) is 0. The van der Waals surface area contributed by atoms with Crippen LogP contribution in [0.3, 0.4) is 0 Å². The second kappa shape index (κ2) is 30.8. The van der Waals surface area contributed by atoms with Crippen LogP contribution < -0.4 is 0 Å². The van der Waals surface area contributed by atoms with Crippen LogP contribution in [-0.4, -0.2) is 75.6 Å². The number of rotatable bonds is 35. The molecule has 0 aromatic carbocycles. The van der Waals surface area contributed by atoms with Gasteiger partial charge < -0.3 is 18.9 Å². The first-order valence-corrected chi connectivity index (χ1v) is 20.3. The molecule has 0 bridgehead atoms. The summed E-state index contributed by atoms with van der Waals surface area (Å²) in [4.78, 5) is 22.7. The van der Waals surface area contributed by atoms with Crippen LogP contribution in [0.25, 0.3) is 0 Å². The molecule has 0 spiro atoms. The molecule has 9 heteroatoms. The molecular weight excluding hydrogens is 589 g/mol. The average Bonchev–Trinajstić information content (AvgIpc) is 2.98. The third kappa shape index (κ3) is 34.6. The quantitative estimate of drug-likeness (QED) is 0.0312. The Hall–Kier alpha value is -0.500. The number of nitrogens with zero attached hydrogens (tertiary/aromatic N) is 1. The third-order valence-electron chi connectivity index (χ3n) is 8.17. The molecular formula is C36H75NO7P+. The summed E-state index contributed by atoms with van der Waals surface area (Å²) in [6.45, 7) is 5.64. The SMILES string of the molecule is CCCCCCCCCCCCCCOCC(COP(=O)(O)OCC[N+](C)(C)C)OC(=O)CCCCCCCCCCCCC. The summed E-state index contributed by atoms with van der Waals surface area (Å²) >= 11 is 0. The van der Waals surface area contributed by atoms with E-state index >= 15 is 0 Å². The van der Waals surface area contributed by atoms with Crippen LogP contribution in [-0.2, 0) is 27.9 Å². The van der Waals surface area contributed by atoms with Crippen LogP contribution in [0.5, 0.6) is 0 Å². The van der Waals surface area contributed by atoms with Crippen LogP contribution in [0.2, 0.25) is 0 Å². The monoisotopic (exact) mass is 665 g/mol. The Labute approximate surface area is 278 Å². The number of phosphoric ester groups is 1. The maximum atomic E-state index is 12.6. The molecule has 0 fully saturated rings. The van der Waals surface area contributed by atoms with E-state index in [0.29, 0.717) is 24.1 Å². The molecule has 0 aromatic rings. The summed E-state index contributed by atoms with van der Waals surface area (Å²) in [5.74, 6) is -0.313. The maximum absolute atomic E-state index is 12.6. The third-order valence-corrected chi connectivity index (χ3v) is 9.15. The van der Waals surface area contributed by atoms with Crippen LogP contribution in [0, 0.1) is 0 Å². The van der Waals surface area contributed by atoms with E-state index in [2.05, 4.69) is 13.8 Å². The lowest BCUT2D eigenvalue weighted by atomic mass is 10.1. The minimum absolute atomic E-state index is 0.0933. The molecule has 45 heavy (non-hydrogen) atoms. The summed E-state index contributed by atoms with van der Waals surface area (Å²) in [5.41, 5.74) is 0. The Balaban J connectivity index is 4.29. The van der Waals surface area contributed by atoms with E-state index < -0.39 is 13.9 Å². The van der Waals surface area contributed by atoms with Crippen molar-refractivity contribution >= 4 is 13.8 Å². The lowest BCUT2D eigenvalue weighted by Gasteiger charge is -2.24. The summed E-state index contributed by atoms with van der Waals surface area (Å²) in [6.07, 6.45) is 28.3. The molecule has 0 saturated heterocycles. The van der Waals surface area contributed by atoms with Gasteiger partial charge in [0.05, 0.1) is 34.4 Å². The molecule has 2 atom stereocenters. The van der Waals surface area contributed by atoms with Gasteiger partial charge in [-0.15, -0.1) is 0 Å². The van der Waals surface area contributed by atoms with Gasteiger partial charge >= 0.3 is 13.8 Å². The van der Waals surface area contributed by atoms with E-state index in [1.807, 2.05) is 21.1 Å². The number of likely N-dealkylation sites (N-methyl/N-ethyl adjacent to an activating group) is 1. The zero-order chi connectivity index (χ0) is 33.5. The molecule has 8 nitrogen and oxygen atoms in total. The van der Waals surface area contributed by atoms with Gasteiger partial charge in [0.25, 0.3) is 0 Å². The number of esters is 1. The summed E-state index contributed by atoms with van der Waals surface area (Å²) in [6, 6.07) is 0. The van der Waals surface area contributed by atoms with Crippen molar-refractivity contribution in [1.29, 1.82) is 0 Å². The van der Waals surface area contributed by atoms with Crippen molar-refractivity contribution in [2.24, 2.45) is 0 Å². The Morgan fingerprint density at radius 2 is 1.02 bits per heavy atom. The number of quaternary nitrogens is 1. The normalized spacial score (nSPS) is 14.0. The van der Waals surface area contributed by atoms with E-state index in [1.54, 1.807) is 0 Å². The lowest BCUT2D eigenvalue weighted by Crippen LogP contribution is -2.37. The molecule has 270 valence electrons. The molecule has 0 amide bonds. The smallest absolute Gasteiger partial charge is 0.457 e. The van der Waals surface area contributed by atoms with Crippen LogP contribution in [0.1, 0.15) is 168 Å². The maximum Gasteiger partial charge on any atom is 0.472 e. The first kappa shape index (κ1) is 44.5. The molecule has 0 aliphatic rings. The van der Waals surface area contributed by atoms with Crippen molar-refractivity contribution < 1.29 is 37.3 Å². The molecule has 0 aliphatic heterocycles. The van der Waals surface area contributed by atoms with Gasteiger partial charge in [-0.25, -0.2) is 4.57 Å². The van der Waals surface area contributed by atoms with Crippen molar-refractivity contribution in [2.45, 2.75) is 174 Å². The van der Waals surface area contributed by atoms with Crippen LogP contribution in [0.15, 0.2) is 0 Å². The highest BCUT2D eigenvalue weighted by Crippen LogP contribution is 2.43. The topological polar surface area (TPSA) is 91.3 Å². The molecule has 1 N–H and O–H groups in total. The lowest BCUT2D eigenvalue weighted by molar-refractivity contribution is -0.870. The van der Waals surface area contributed by atoms with E-state index in [9.17, 15) is 14.3 Å². The predicted molar refractivity (Wildman–Crippen MR) is 187 cm³/mol. The number of carbonyl (C=O) groups is 1. The highest BCUT2D eigenvalue weighted by Gasteiger charge is 2.26. The van der Waals surface area contributed by atoms with Gasteiger partial charge in [0.2, 0.25) is 0 Å². The average molecular weight is 665 g/mol. The molecule has 0 rings (SSSR count). The van der Waals surface area contributed by atoms with Gasteiger partial charge in [-0.3, -0.25) is 13.8 Å². The fourth-order valence-electron chi connectivity index (χ4n) is 5.20. The van der Waals surface area contributed by atoms with Gasteiger partial charge in [-0.05, 0) is 12.8 Å². The zero-order valence-electron chi connectivity index (χ0n) is 30.4. The second-order valence-corrected chi connectivity index (χ2v) is 15.4. The van der Waals surface area contributed by atoms with Crippen molar-refractivity contribution in [2.75, 3.05) is 54.1 Å². The van der Waals surface area contributed by atoms with Crippen LogP contribution in [0.4, 0.5) is 0 Å². The number of unbranched alkanes of at least 4 members (excludes halogenated alkanes) is 21. The van der Waals surface area contributed by atoms with Gasteiger partial charge in [0.15, 0.2) is 0 Å². The molecule has 0 saturated carbocycles. The largest absolute Gasteiger partial charge is 0.472 e. The molecule has 2 unspecified atom stereocenters. The Morgan fingerprint density at radius 3 is 1.47 bits per heavy atom. The fraction of sp³-hybridized carbons (Fsp3) is 0.972. The predicted octanol–water partition coefficient (Wildman–Crippen LogP) is 10.2. The first-order chi connectivity index (χ1) is 21.6. The Bertz CT molecular complexity index is 701.